The summed E-state index contributed by atoms with van der Waals surface area (Å²) >= 11 is 5.89. The molecule has 0 radical (unpaired) electrons. The lowest BCUT2D eigenvalue weighted by Crippen LogP contribution is -2.32. The van der Waals surface area contributed by atoms with Gasteiger partial charge in [0.05, 0.1) is 12.1 Å². The van der Waals surface area contributed by atoms with E-state index in [4.69, 9.17) is 22.1 Å². The van der Waals surface area contributed by atoms with Crippen molar-refractivity contribution in [3.63, 3.8) is 0 Å². The van der Waals surface area contributed by atoms with Gasteiger partial charge in [-0.3, -0.25) is 4.40 Å². The maximum atomic E-state index is 12.5. The number of nitriles is 2. The van der Waals surface area contributed by atoms with Gasteiger partial charge in [0.15, 0.2) is 10.2 Å². The minimum absolute atomic E-state index is 0.197. The molecular formula is C11H8ClN5O2S. The lowest BCUT2D eigenvalue weighted by molar-refractivity contribution is 0.475. The number of fused-ring (bicyclic) bond motifs is 1. The molecule has 0 spiro atoms. The molecule has 9 heteroatoms. The fourth-order valence-electron chi connectivity index (χ4n) is 1.68. The largest absolute Gasteiger partial charge is 0.288 e. The van der Waals surface area contributed by atoms with Gasteiger partial charge in [-0.2, -0.15) is 14.8 Å². The first-order valence-electron chi connectivity index (χ1n) is 5.39. The highest BCUT2D eigenvalue weighted by Crippen LogP contribution is 2.25. The summed E-state index contributed by atoms with van der Waals surface area (Å²) in [7, 11) is -4.08. The van der Waals surface area contributed by atoms with Crippen molar-refractivity contribution in [2.24, 2.45) is 0 Å². The Labute approximate surface area is 120 Å². The molecule has 0 aliphatic heterocycles. The van der Waals surface area contributed by atoms with E-state index < -0.39 is 23.1 Å². The minimum Gasteiger partial charge on any atom is -0.288 e. The third-order valence-electron chi connectivity index (χ3n) is 2.52. The molecule has 0 aromatic carbocycles. The predicted molar refractivity (Wildman–Crippen MR) is 70.2 cm³/mol. The van der Waals surface area contributed by atoms with Crippen LogP contribution >= 0.6 is 11.6 Å². The van der Waals surface area contributed by atoms with Crippen LogP contribution in [0.15, 0.2) is 29.4 Å². The second-order valence-electron chi connectivity index (χ2n) is 3.73. The van der Waals surface area contributed by atoms with Crippen molar-refractivity contribution in [1.82, 2.24) is 13.7 Å². The van der Waals surface area contributed by atoms with Crippen molar-refractivity contribution >= 4 is 27.3 Å². The molecule has 2 aromatic heterocycles. The molecular weight excluding hydrogens is 302 g/mol. The molecule has 0 bridgehead atoms. The highest BCUT2D eigenvalue weighted by Gasteiger charge is 2.30. The van der Waals surface area contributed by atoms with Crippen LogP contribution in [0.2, 0.25) is 5.15 Å². The molecule has 2 rings (SSSR count). The molecule has 0 unspecified atom stereocenters. The summed E-state index contributed by atoms with van der Waals surface area (Å²) in [5, 5.41) is 16.9. The Bertz CT molecular complexity index is 815. The van der Waals surface area contributed by atoms with Gasteiger partial charge in [-0.25, -0.2) is 13.4 Å². The molecule has 0 atom stereocenters. The van der Waals surface area contributed by atoms with Gasteiger partial charge in [0.1, 0.15) is 18.7 Å². The zero-order valence-corrected chi connectivity index (χ0v) is 11.6. The van der Waals surface area contributed by atoms with Gasteiger partial charge in [-0.15, -0.1) is 0 Å². The van der Waals surface area contributed by atoms with Crippen LogP contribution in [0.1, 0.15) is 0 Å². The molecule has 20 heavy (non-hydrogen) atoms. The van der Waals surface area contributed by atoms with Crippen LogP contribution in [0.4, 0.5) is 0 Å². The Morgan fingerprint density at radius 2 is 1.95 bits per heavy atom. The van der Waals surface area contributed by atoms with Gasteiger partial charge >= 0.3 is 0 Å². The molecule has 0 saturated carbocycles. The maximum Gasteiger partial charge on any atom is 0.264 e. The lowest BCUT2D eigenvalue weighted by Gasteiger charge is -2.15. The summed E-state index contributed by atoms with van der Waals surface area (Å²) in [6.45, 7) is -0.876. The van der Waals surface area contributed by atoms with E-state index in [-0.39, 0.29) is 10.2 Å². The van der Waals surface area contributed by atoms with E-state index in [0.29, 0.717) is 5.65 Å². The Morgan fingerprint density at radius 1 is 1.30 bits per heavy atom. The van der Waals surface area contributed by atoms with Crippen molar-refractivity contribution in [3.05, 3.63) is 29.5 Å². The van der Waals surface area contributed by atoms with Gasteiger partial charge in [-0.05, 0) is 12.1 Å². The van der Waals surface area contributed by atoms with Crippen molar-refractivity contribution in [2.75, 3.05) is 13.1 Å². The van der Waals surface area contributed by atoms with Crippen LogP contribution in [0, 0.1) is 22.7 Å². The molecule has 0 saturated heterocycles. The van der Waals surface area contributed by atoms with Gasteiger partial charge in [0, 0.05) is 6.20 Å². The molecule has 7 nitrogen and oxygen atoms in total. The Morgan fingerprint density at radius 3 is 2.55 bits per heavy atom. The van der Waals surface area contributed by atoms with Crippen LogP contribution in [-0.2, 0) is 10.0 Å². The van der Waals surface area contributed by atoms with Crippen LogP contribution in [0.5, 0.6) is 0 Å². The fraction of sp³-hybridized carbons (Fsp3) is 0.182. The van der Waals surface area contributed by atoms with E-state index in [1.54, 1.807) is 30.3 Å². The topological polar surface area (TPSA) is 102 Å². The Balaban J connectivity index is 2.66. The molecule has 0 N–H and O–H groups in total. The maximum absolute atomic E-state index is 12.5. The third-order valence-corrected chi connectivity index (χ3v) is 4.72. The Hall–Kier alpha value is -2.13. The van der Waals surface area contributed by atoms with Crippen LogP contribution < -0.4 is 0 Å². The summed E-state index contributed by atoms with van der Waals surface area (Å²) in [5.74, 6) is 0. The zero-order chi connectivity index (χ0) is 14.8. The minimum atomic E-state index is -4.08. The zero-order valence-electron chi connectivity index (χ0n) is 10.1. The molecule has 0 fully saturated rings. The van der Waals surface area contributed by atoms with Crippen molar-refractivity contribution < 1.29 is 8.42 Å². The van der Waals surface area contributed by atoms with Crippen molar-refractivity contribution in [3.8, 4) is 12.1 Å². The average Bonchev–Trinajstić information content (AvgIpc) is 2.74. The summed E-state index contributed by atoms with van der Waals surface area (Å²) in [6, 6.07) is 8.34. The second-order valence-corrected chi connectivity index (χ2v) is 5.94. The van der Waals surface area contributed by atoms with Gasteiger partial charge in [0.25, 0.3) is 10.0 Å². The van der Waals surface area contributed by atoms with Crippen molar-refractivity contribution in [1.29, 1.82) is 10.5 Å². The second kappa shape index (κ2) is 5.47. The highest BCUT2D eigenvalue weighted by molar-refractivity contribution is 7.89. The number of aromatic nitrogens is 2. The first-order chi connectivity index (χ1) is 9.52. The van der Waals surface area contributed by atoms with Gasteiger partial charge < -0.3 is 0 Å². The monoisotopic (exact) mass is 309 g/mol. The number of rotatable bonds is 4. The van der Waals surface area contributed by atoms with Gasteiger partial charge in [-0.1, -0.05) is 17.7 Å². The summed E-state index contributed by atoms with van der Waals surface area (Å²) in [6.07, 6.45) is 1.50. The van der Waals surface area contributed by atoms with E-state index in [1.807, 2.05) is 0 Å². The number of halogens is 1. The molecule has 0 amide bonds. The standard InChI is InChI=1S/C11H8ClN5O2S/c12-10-11(17-6-2-1-3-9(17)15-10)20(18,19)16(7-4-13)8-5-14/h1-3,6H,7-8H2. The van der Waals surface area contributed by atoms with Crippen LogP contribution in [0.25, 0.3) is 5.65 Å². The van der Waals surface area contributed by atoms with E-state index >= 15 is 0 Å². The SMILES string of the molecule is N#CCN(CC#N)S(=O)(=O)c1c(Cl)nc2ccccn12. The van der Waals surface area contributed by atoms with Gasteiger partial charge in [0.2, 0.25) is 0 Å². The molecule has 2 aromatic rings. The van der Waals surface area contributed by atoms with Crippen molar-refractivity contribution in [2.45, 2.75) is 5.03 Å². The number of hydrogen-bond acceptors (Lipinski definition) is 5. The molecule has 0 aliphatic carbocycles. The number of nitrogens with zero attached hydrogens (tertiary/aromatic N) is 5. The summed E-state index contributed by atoms with van der Waals surface area (Å²) in [4.78, 5) is 3.94. The smallest absolute Gasteiger partial charge is 0.264 e. The van der Waals surface area contributed by atoms with E-state index in [9.17, 15) is 8.42 Å². The summed E-state index contributed by atoms with van der Waals surface area (Å²) in [5.41, 5.74) is 0.366. The highest BCUT2D eigenvalue weighted by atomic mass is 35.5. The van der Waals surface area contributed by atoms with E-state index in [2.05, 4.69) is 4.98 Å². The fourth-order valence-corrected chi connectivity index (χ4v) is 3.51. The lowest BCUT2D eigenvalue weighted by atomic mass is 10.5. The number of hydrogen-bond donors (Lipinski definition) is 0. The normalized spacial score (nSPS) is 11.4. The van der Waals surface area contributed by atoms with Crippen LogP contribution in [0.3, 0.4) is 0 Å². The first-order valence-corrected chi connectivity index (χ1v) is 7.21. The Kier molecular flexibility index (Phi) is 3.91. The van der Waals surface area contributed by atoms with E-state index in [1.165, 1.54) is 10.6 Å². The molecule has 0 aliphatic rings. The summed E-state index contributed by atoms with van der Waals surface area (Å²) < 4.78 is 27.0. The molecule has 2 heterocycles. The third kappa shape index (κ3) is 2.32. The van der Waals surface area contributed by atoms with Crippen LogP contribution in [-0.4, -0.2) is 35.2 Å². The number of pyridine rings is 1. The first kappa shape index (κ1) is 14.3. The number of imidazole rings is 1. The predicted octanol–water partition coefficient (Wildman–Crippen LogP) is 1.03. The molecule has 102 valence electrons. The average molecular weight is 310 g/mol. The van der Waals surface area contributed by atoms with E-state index in [0.717, 1.165) is 4.31 Å². The quantitative estimate of drug-likeness (QED) is 0.785. The number of sulfonamides is 1.